The van der Waals surface area contributed by atoms with Crippen LogP contribution in [0.3, 0.4) is 0 Å². The predicted octanol–water partition coefficient (Wildman–Crippen LogP) is 1.43. The molecule has 3 unspecified atom stereocenters. The fourth-order valence-electron chi connectivity index (χ4n) is 2.90. The molecule has 0 radical (unpaired) electrons. The number of nitrogens with one attached hydrogen (secondary N) is 1. The third-order valence-corrected chi connectivity index (χ3v) is 3.98. The van der Waals surface area contributed by atoms with Crippen LogP contribution in [0.5, 0.6) is 11.8 Å². The van der Waals surface area contributed by atoms with E-state index >= 15 is 0 Å². The van der Waals surface area contributed by atoms with Gasteiger partial charge in [0.05, 0.1) is 26.5 Å². The maximum absolute atomic E-state index is 5.74. The molecule has 2 rings (SSSR count). The molecular weight excluding hydrogens is 244 g/mol. The van der Waals surface area contributed by atoms with Gasteiger partial charge in [0.2, 0.25) is 11.8 Å². The Balaban J connectivity index is 2.31. The van der Waals surface area contributed by atoms with E-state index in [2.05, 4.69) is 22.3 Å². The molecule has 1 aromatic rings. The monoisotopic (exact) mass is 266 g/mol. The van der Waals surface area contributed by atoms with E-state index in [1.54, 1.807) is 20.4 Å². The lowest BCUT2D eigenvalue weighted by Gasteiger charge is -2.26. The molecular formula is C13H22N4O2. The van der Waals surface area contributed by atoms with Crippen LogP contribution in [-0.4, -0.2) is 24.2 Å². The normalized spacial score (nSPS) is 24.2. The maximum Gasteiger partial charge on any atom is 0.240 e. The minimum atomic E-state index is -0.0362. The van der Waals surface area contributed by atoms with Gasteiger partial charge in [-0.15, -0.1) is 0 Å². The van der Waals surface area contributed by atoms with Crippen LogP contribution in [-0.2, 0) is 0 Å². The van der Waals surface area contributed by atoms with Crippen LogP contribution in [0.2, 0.25) is 0 Å². The molecule has 0 aromatic carbocycles. The number of nitrogens with two attached hydrogens (primary N) is 1. The summed E-state index contributed by atoms with van der Waals surface area (Å²) in [6.45, 7) is 2.26. The molecule has 3 atom stereocenters. The zero-order valence-corrected chi connectivity index (χ0v) is 11.7. The average molecular weight is 266 g/mol. The lowest BCUT2D eigenvalue weighted by atomic mass is 9.88. The molecule has 3 N–H and O–H groups in total. The molecule has 106 valence electrons. The van der Waals surface area contributed by atoms with Gasteiger partial charge in [-0.1, -0.05) is 19.8 Å². The molecule has 0 aliphatic heterocycles. The zero-order chi connectivity index (χ0) is 13.8. The van der Waals surface area contributed by atoms with Gasteiger partial charge in [-0.2, -0.15) is 4.98 Å². The highest BCUT2D eigenvalue weighted by molar-refractivity contribution is 5.26. The summed E-state index contributed by atoms with van der Waals surface area (Å²) < 4.78 is 10.4. The Hall–Kier alpha value is -1.40. The molecule has 0 amide bonds. The number of nitrogens with zero attached hydrogens (tertiary/aromatic N) is 2. The van der Waals surface area contributed by atoms with Crippen LogP contribution < -0.4 is 20.7 Å². The van der Waals surface area contributed by atoms with Gasteiger partial charge >= 0.3 is 0 Å². The number of rotatable bonds is 5. The number of methoxy groups -OCH3 is 2. The van der Waals surface area contributed by atoms with Crippen molar-refractivity contribution in [2.24, 2.45) is 17.7 Å². The SMILES string of the molecule is COc1cnc(C(NN)C2CCCC2C)c(OC)n1. The third-order valence-electron chi connectivity index (χ3n) is 3.98. The highest BCUT2D eigenvalue weighted by Gasteiger charge is 2.34. The van der Waals surface area contributed by atoms with Gasteiger partial charge in [0, 0.05) is 0 Å². The van der Waals surface area contributed by atoms with Gasteiger partial charge in [-0.25, -0.2) is 4.98 Å². The molecule has 1 aliphatic carbocycles. The van der Waals surface area contributed by atoms with Crippen LogP contribution in [0.4, 0.5) is 0 Å². The topological polar surface area (TPSA) is 82.3 Å². The van der Waals surface area contributed by atoms with Crippen LogP contribution in [0, 0.1) is 11.8 Å². The first-order chi connectivity index (χ1) is 9.21. The summed E-state index contributed by atoms with van der Waals surface area (Å²) in [6.07, 6.45) is 5.21. The maximum atomic E-state index is 5.74. The van der Waals surface area contributed by atoms with E-state index < -0.39 is 0 Å². The molecule has 1 aromatic heterocycles. The molecule has 19 heavy (non-hydrogen) atoms. The Labute approximate surface area is 113 Å². The average Bonchev–Trinajstić information content (AvgIpc) is 2.86. The molecule has 0 bridgehead atoms. The van der Waals surface area contributed by atoms with Gasteiger partial charge in [-0.3, -0.25) is 11.3 Å². The van der Waals surface area contributed by atoms with Gasteiger partial charge in [0.15, 0.2) is 0 Å². The Kier molecular flexibility index (Phi) is 4.55. The van der Waals surface area contributed by atoms with E-state index in [1.807, 2.05) is 0 Å². The minimum absolute atomic E-state index is 0.0362. The summed E-state index contributed by atoms with van der Waals surface area (Å²) in [5.41, 5.74) is 3.63. The van der Waals surface area contributed by atoms with Crippen molar-refractivity contribution >= 4 is 0 Å². The van der Waals surface area contributed by atoms with Crippen molar-refractivity contribution in [1.29, 1.82) is 0 Å². The van der Waals surface area contributed by atoms with E-state index in [9.17, 15) is 0 Å². The summed E-state index contributed by atoms with van der Waals surface area (Å²) in [6, 6.07) is -0.0362. The summed E-state index contributed by atoms with van der Waals surface area (Å²) in [5.74, 6) is 7.73. The van der Waals surface area contributed by atoms with Crippen molar-refractivity contribution in [3.8, 4) is 11.8 Å². The molecule has 6 heteroatoms. The van der Waals surface area contributed by atoms with Crippen molar-refractivity contribution in [3.05, 3.63) is 11.9 Å². The minimum Gasteiger partial charge on any atom is -0.480 e. The standard InChI is InChI=1S/C13H22N4O2/c1-8-5-4-6-9(8)11(17-14)12-13(19-3)16-10(18-2)7-15-12/h7-9,11,17H,4-6,14H2,1-3H3. The number of aromatic nitrogens is 2. The molecule has 1 heterocycles. The summed E-state index contributed by atoms with van der Waals surface area (Å²) in [4.78, 5) is 8.69. The molecule has 1 saturated carbocycles. The van der Waals surface area contributed by atoms with E-state index in [-0.39, 0.29) is 6.04 Å². The lowest BCUT2D eigenvalue weighted by Crippen LogP contribution is -2.35. The fourth-order valence-corrected chi connectivity index (χ4v) is 2.90. The number of hydrogen-bond donors (Lipinski definition) is 2. The summed E-state index contributed by atoms with van der Waals surface area (Å²) in [5, 5.41) is 0. The summed E-state index contributed by atoms with van der Waals surface area (Å²) >= 11 is 0. The Morgan fingerprint density at radius 2 is 2.16 bits per heavy atom. The Morgan fingerprint density at radius 1 is 1.37 bits per heavy atom. The first-order valence-corrected chi connectivity index (χ1v) is 6.62. The molecule has 0 saturated heterocycles. The van der Waals surface area contributed by atoms with E-state index in [1.165, 1.54) is 12.8 Å². The van der Waals surface area contributed by atoms with Gasteiger partial charge in [0.25, 0.3) is 0 Å². The van der Waals surface area contributed by atoms with E-state index in [0.717, 1.165) is 12.1 Å². The predicted molar refractivity (Wildman–Crippen MR) is 71.7 cm³/mol. The highest BCUT2D eigenvalue weighted by atomic mass is 16.5. The second kappa shape index (κ2) is 6.16. The summed E-state index contributed by atoms with van der Waals surface area (Å²) in [7, 11) is 3.14. The van der Waals surface area contributed by atoms with Gasteiger partial charge in [-0.05, 0) is 18.3 Å². The Bertz CT molecular complexity index is 427. The quantitative estimate of drug-likeness (QED) is 0.620. The van der Waals surface area contributed by atoms with Crippen LogP contribution in [0.1, 0.15) is 37.9 Å². The largest absolute Gasteiger partial charge is 0.480 e. The van der Waals surface area contributed by atoms with Crippen LogP contribution in [0.25, 0.3) is 0 Å². The lowest BCUT2D eigenvalue weighted by molar-refractivity contribution is 0.282. The molecule has 0 spiro atoms. The highest BCUT2D eigenvalue weighted by Crippen LogP contribution is 2.41. The van der Waals surface area contributed by atoms with Crippen LogP contribution in [0.15, 0.2) is 6.20 Å². The number of ether oxygens (including phenoxy) is 2. The molecule has 6 nitrogen and oxygen atoms in total. The van der Waals surface area contributed by atoms with E-state index in [0.29, 0.717) is 23.6 Å². The van der Waals surface area contributed by atoms with Crippen molar-refractivity contribution in [2.45, 2.75) is 32.2 Å². The van der Waals surface area contributed by atoms with Crippen molar-refractivity contribution in [2.75, 3.05) is 14.2 Å². The Morgan fingerprint density at radius 3 is 2.68 bits per heavy atom. The third kappa shape index (κ3) is 2.79. The van der Waals surface area contributed by atoms with Gasteiger partial charge in [0.1, 0.15) is 5.69 Å². The first kappa shape index (κ1) is 14.0. The second-order valence-electron chi connectivity index (χ2n) is 5.02. The molecule has 1 fully saturated rings. The smallest absolute Gasteiger partial charge is 0.240 e. The number of hydrogen-bond acceptors (Lipinski definition) is 6. The molecule has 1 aliphatic rings. The van der Waals surface area contributed by atoms with Crippen molar-refractivity contribution in [3.63, 3.8) is 0 Å². The zero-order valence-electron chi connectivity index (χ0n) is 11.7. The van der Waals surface area contributed by atoms with Crippen molar-refractivity contribution in [1.82, 2.24) is 15.4 Å². The second-order valence-corrected chi connectivity index (χ2v) is 5.02. The first-order valence-electron chi connectivity index (χ1n) is 6.62. The van der Waals surface area contributed by atoms with Crippen LogP contribution >= 0.6 is 0 Å². The van der Waals surface area contributed by atoms with E-state index in [4.69, 9.17) is 15.3 Å². The van der Waals surface area contributed by atoms with Crippen molar-refractivity contribution < 1.29 is 9.47 Å². The fraction of sp³-hybridized carbons (Fsp3) is 0.692. The van der Waals surface area contributed by atoms with Gasteiger partial charge < -0.3 is 9.47 Å². The number of hydrazine groups is 1.